The number of nitrogens with zero attached hydrogens (tertiary/aromatic N) is 3. The molecule has 1 aliphatic heterocycles. The molecule has 0 spiro atoms. The Hall–Kier alpha value is -3.95. The monoisotopic (exact) mass is 427 g/mol. The summed E-state index contributed by atoms with van der Waals surface area (Å²) in [6.07, 6.45) is 1.57. The molecule has 1 aromatic carbocycles. The number of aromatic hydroxyl groups is 1. The lowest BCUT2D eigenvalue weighted by Crippen LogP contribution is -2.40. The van der Waals surface area contributed by atoms with Crippen molar-refractivity contribution in [2.24, 2.45) is 5.90 Å². The van der Waals surface area contributed by atoms with E-state index in [1.807, 2.05) is 6.07 Å². The van der Waals surface area contributed by atoms with Crippen LogP contribution in [0.5, 0.6) is 11.5 Å². The molecular weight excluding hydrogens is 414 g/mol. The number of nitriles is 1. The van der Waals surface area contributed by atoms with Gasteiger partial charge in [-0.3, -0.25) is 19.1 Å². The molecule has 0 saturated carbocycles. The van der Waals surface area contributed by atoms with Crippen molar-refractivity contribution in [3.8, 4) is 17.6 Å². The van der Waals surface area contributed by atoms with Gasteiger partial charge in [-0.25, -0.2) is 4.79 Å². The van der Waals surface area contributed by atoms with Crippen LogP contribution in [0.25, 0.3) is 10.9 Å². The van der Waals surface area contributed by atoms with Gasteiger partial charge in [0.1, 0.15) is 36.6 Å². The maximum Gasteiger partial charge on any atom is 0.343 e. The summed E-state index contributed by atoms with van der Waals surface area (Å²) >= 11 is 1.29. The van der Waals surface area contributed by atoms with Crippen molar-refractivity contribution in [1.82, 2.24) is 14.9 Å². The molecule has 1 amide bonds. The Labute approximate surface area is 171 Å². The van der Waals surface area contributed by atoms with Crippen molar-refractivity contribution in [3.05, 3.63) is 50.2 Å². The number of pyridine rings is 1. The van der Waals surface area contributed by atoms with Gasteiger partial charge in [0.2, 0.25) is 0 Å². The third-order valence-corrected chi connectivity index (χ3v) is 5.52. The second-order valence-corrected chi connectivity index (χ2v) is 7.17. The van der Waals surface area contributed by atoms with Crippen molar-refractivity contribution < 1.29 is 24.3 Å². The van der Waals surface area contributed by atoms with Gasteiger partial charge in [-0.1, -0.05) is 0 Å². The van der Waals surface area contributed by atoms with Crippen molar-refractivity contribution in [1.29, 1.82) is 5.26 Å². The van der Waals surface area contributed by atoms with Gasteiger partial charge in [-0.2, -0.15) is 11.2 Å². The highest BCUT2D eigenvalue weighted by molar-refractivity contribution is 7.09. The van der Waals surface area contributed by atoms with Crippen molar-refractivity contribution in [2.75, 3.05) is 13.2 Å². The van der Waals surface area contributed by atoms with E-state index in [0.717, 1.165) is 0 Å². The summed E-state index contributed by atoms with van der Waals surface area (Å²) in [5.74, 6) is 2.38. The van der Waals surface area contributed by atoms with Gasteiger partial charge < -0.3 is 20.0 Å². The number of nitrogens with one attached hydrogen (secondary N) is 1. The minimum Gasteiger partial charge on any atom is -0.506 e. The van der Waals surface area contributed by atoms with E-state index in [-0.39, 0.29) is 28.8 Å². The lowest BCUT2D eigenvalue weighted by molar-refractivity contribution is -0.142. The Morgan fingerprint density at radius 1 is 1.50 bits per heavy atom. The number of carbonyl (C=O) groups excluding carboxylic acids is 2. The number of ether oxygens (including phenoxy) is 1. The lowest BCUT2D eigenvalue weighted by Gasteiger charge is -2.29. The molecule has 3 aromatic rings. The molecule has 0 fully saturated rings. The molecule has 12 heteroatoms. The first-order valence-corrected chi connectivity index (χ1v) is 9.39. The third-order valence-electron chi connectivity index (χ3n) is 4.65. The van der Waals surface area contributed by atoms with E-state index in [0.29, 0.717) is 4.88 Å². The lowest BCUT2D eigenvalue weighted by atomic mass is 10.0. The fourth-order valence-corrected chi connectivity index (χ4v) is 4.01. The molecule has 0 bridgehead atoms. The second kappa shape index (κ2) is 7.47. The Morgan fingerprint density at radius 3 is 2.97 bits per heavy atom. The van der Waals surface area contributed by atoms with E-state index in [9.17, 15) is 24.8 Å². The average Bonchev–Trinajstić information content (AvgIpc) is 3.29. The van der Waals surface area contributed by atoms with Crippen molar-refractivity contribution in [3.63, 3.8) is 0 Å². The van der Waals surface area contributed by atoms with Crippen LogP contribution >= 0.6 is 11.3 Å². The zero-order valence-corrected chi connectivity index (χ0v) is 15.9. The SMILES string of the molecule is N#Cc1ccc2c(O)c(C(=O)NCC(=O)ON)c(=O)n3c2c1OCC3c1cncs1. The van der Waals surface area contributed by atoms with Crippen molar-refractivity contribution in [2.45, 2.75) is 6.04 Å². The second-order valence-electron chi connectivity index (χ2n) is 6.25. The predicted octanol–water partition coefficient (Wildman–Crippen LogP) is 0.164. The van der Waals surface area contributed by atoms with Crippen LogP contribution in [0.15, 0.2) is 28.6 Å². The topological polar surface area (TPSA) is 170 Å². The number of hydrogen-bond donors (Lipinski definition) is 3. The van der Waals surface area contributed by atoms with E-state index in [1.165, 1.54) is 28.0 Å². The highest BCUT2D eigenvalue weighted by atomic mass is 32.1. The molecule has 11 nitrogen and oxygen atoms in total. The number of aromatic nitrogens is 2. The summed E-state index contributed by atoms with van der Waals surface area (Å²) in [4.78, 5) is 45.8. The molecule has 2 aromatic heterocycles. The first kappa shape index (κ1) is 19.4. The number of thiazole rings is 1. The molecule has 1 aliphatic rings. The summed E-state index contributed by atoms with van der Waals surface area (Å²) in [6, 6.07) is 4.21. The molecule has 0 aliphatic carbocycles. The van der Waals surface area contributed by atoms with E-state index in [4.69, 9.17) is 10.6 Å². The molecular formula is C18H13N5O6S. The summed E-state index contributed by atoms with van der Waals surface area (Å²) < 4.78 is 7.07. The largest absolute Gasteiger partial charge is 0.506 e. The molecule has 152 valence electrons. The van der Waals surface area contributed by atoms with E-state index in [1.54, 1.807) is 11.7 Å². The fraction of sp³-hybridized carbons (Fsp3) is 0.167. The summed E-state index contributed by atoms with van der Waals surface area (Å²) in [7, 11) is 0. The van der Waals surface area contributed by atoms with Crippen LogP contribution in [0.2, 0.25) is 0 Å². The molecule has 4 N–H and O–H groups in total. The maximum absolute atomic E-state index is 13.3. The Balaban J connectivity index is 1.99. The standard InChI is InChI=1S/C18H13N5O6S/c19-3-8-1-2-9-14-16(8)28-6-10(11-4-21-7-30-11)23(14)18(27)13(15(9)25)17(26)22-5-12(24)29-20/h1-2,4,7,10,25H,5-6,20H2,(H,22,26). The number of amides is 1. The number of benzene rings is 1. The molecule has 1 unspecified atom stereocenters. The van der Waals surface area contributed by atoms with Crippen LogP contribution in [0, 0.1) is 11.3 Å². The molecule has 0 radical (unpaired) electrons. The van der Waals surface area contributed by atoms with Gasteiger partial charge >= 0.3 is 5.97 Å². The molecule has 1 atom stereocenters. The van der Waals surface area contributed by atoms with Crippen LogP contribution in [0.4, 0.5) is 0 Å². The average molecular weight is 427 g/mol. The van der Waals surface area contributed by atoms with Gasteiger partial charge in [0.05, 0.1) is 21.5 Å². The first-order valence-electron chi connectivity index (χ1n) is 8.51. The molecule has 3 heterocycles. The quantitative estimate of drug-likeness (QED) is 0.491. The van der Waals surface area contributed by atoms with Gasteiger partial charge in [0.25, 0.3) is 11.5 Å². The summed E-state index contributed by atoms with van der Waals surface area (Å²) in [5.41, 5.74) is 0.599. The Morgan fingerprint density at radius 2 is 2.30 bits per heavy atom. The van der Waals surface area contributed by atoms with E-state index < -0.39 is 41.3 Å². The van der Waals surface area contributed by atoms with Crippen LogP contribution in [-0.2, 0) is 9.63 Å². The van der Waals surface area contributed by atoms with Crippen LogP contribution < -0.4 is 21.5 Å². The highest BCUT2D eigenvalue weighted by Gasteiger charge is 2.33. The Bertz CT molecular complexity index is 1280. The molecule has 30 heavy (non-hydrogen) atoms. The minimum absolute atomic E-state index is 0.0221. The molecule has 4 rings (SSSR count). The highest BCUT2D eigenvalue weighted by Crippen LogP contribution is 2.40. The normalized spacial score (nSPS) is 14.6. The zero-order chi connectivity index (χ0) is 21.4. The Kier molecular flexibility index (Phi) is 4.82. The first-order chi connectivity index (χ1) is 14.5. The van der Waals surface area contributed by atoms with E-state index >= 15 is 0 Å². The fourth-order valence-electron chi connectivity index (χ4n) is 3.31. The van der Waals surface area contributed by atoms with Gasteiger partial charge in [0.15, 0.2) is 5.75 Å². The van der Waals surface area contributed by atoms with Crippen LogP contribution in [0.1, 0.15) is 26.8 Å². The smallest absolute Gasteiger partial charge is 0.343 e. The predicted molar refractivity (Wildman–Crippen MR) is 103 cm³/mol. The maximum atomic E-state index is 13.3. The third kappa shape index (κ3) is 2.93. The van der Waals surface area contributed by atoms with Gasteiger partial charge in [-0.15, -0.1) is 11.3 Å². The number of hydrogen-bond acceptors (Lipinski definition) is 10. The van der Waals surface area contributed by atoms with Crippen LogP contribution in [0.3, 0.4) is 0 Å². The van der Waals surface area contributed by atoms with Gasteiger partial charge in [0, 0.05) is 11.6 Å². The summed E-state index contributed by atoms with van der Waals surface area (Å²) in [6.45, 7) is -0.569. The van der Waals surface area contributed by atoms with Gasteiger partial charge in [-0.05, 0) is 12.1 Å². The van der Waals surface area contributed by atoms with E-state index in [2.05, 4.69) is 15.1 Å². The number of carbonyl (C=O) groups is 2. The zero-order valence-electron chi connectivity index (χ0n) is 15.1. The summed E-state index contributed by atoms with van der Waals surface area (Å²) in [5, 5.41) is 22.4. The molecule has 0 saturated heterocycles. The van der Waals surface area contributed by atoms with Crippen molar-refractivity contribution >= 4 is 34.1 Å². The van der Waals surface area contributed by atoms with Crippen LogP contribution in [-0.4, -0.2) is 39.7 Å². The number of nitrogens with two attached hydrogens (primary N) is 1. The minimum atomic E-state index is -0.978. The number of rotatable bonds is 4.